The van der Waals surface area contributed by atoms with Crippen LogP contribution in [0.15, 0.2) is 60.7 Å². The number of rotatable bonds is 4. The monoisotopic (exact) mass is 510 g/mol. The molecular formula is C32H34N2S2. The topological polar surface area (TPSA) is 6.48 Å². The number of benzene rings is 2. The summed E-state index contributed by atoms with van der Waals surface area (Å²) >= 11 is 4.03. The highest BCUT2D eigenvalue weighted by molar-refractivity contribution is 7.20. The maximum absolute atomic E-state index is 2.71. The molecule has 1 saturated carbocycles. The molecule has 4 atom stereocenters. The molecule has 36 heavy (non-hydrogen) atoms. The number of hydrogen-bond acceptors (Lipinski definition) is 4. The van der Waals surface area contributed by atoms with E-state index in [0.29, 0.717) is 0 Å². The third-order valence-corrected chi connectivity index (χ3v) is 12.0. The maximum atomic E-state index is 2.71. The van der Waals surface area contributed by atoms with Crippen molar-refractivity contribution in [1.82, 2.24) is 9.80 Å². The minimum atomic E-state index is 0.725. The lowest BCUT2D eigenvalue weighted by Crippen LogP contribution is -2.20. The average Bonchev–Trinajstić information content (AvgIpc) is 3.66. The van der Waals surface area contributed by atoms with Crippen LogP contribution in [0.25, 0.3) is 25.7 Å². The van der Waals surface area contributed by atoms with Crippen molar-refractivity contribution < 1.29 is 0 Å². The van der Waals surface area contributed by atoms with Gasteiger partial charge in [-0.3, -0.25) is 4.90 Å². The van der Waals surface area contributed by atoms with Crippen LogP contribution in [0.2, 0.25) is 0 Å². The van der Waals surface area contributed by atoms with Gasteiger partial charge < -0.3 is 4.90 Å². The van der Waals surface area contributed by atoms with Gasteiger partial charge in [-0.1, -0.05) is 30.3 Å². The van der Waals surface area contributed by atoms with Gasteiger partial charge in [0.05, 0.1) is 0 Å². The van der Waals surface area contributed by atoms with Crippen molar-refractivity contribution in [3.63, 3.8) is 0 Å². The summed E-state index contributed by atoms with van der Waals surface area (Å²) in [5.41, 5.74) is 3.09. The Hall–Kier alpha value is -1.98. The highest BCUT2D eigenvalue weighted by atomic mass is 32.1. The van der Waals surface area contributed by atoms with Crippen molar-refractivity contribution >= 4 is 48.4 Å². The molecule has 2 aromatic heterocycles. The highest BCUT2D eigenvalue weighted by Crippen LogP contribution is 2.48. The van der Waals surface area contributed by atoms with Crippen molar-refractivity contribution in [2.45, 2.75) is 31.7 Å². The normalized spacial score (nSPS) is 30.5. The van der Waals surface area contributed by atoms with Gasteiger partial charge in [0.15, 0.2) is 0 Å². The molecule has 4 unspecified atom stereocenters. The van der Waals surface area contributed by atoms with E-state index < -0.39 is 0 Å². The van der Waals surface area contributed by atoms with E-state index in [4.69, 9.17) is 0 Å². The number of thiophene rings is 2. The van der Waals surface area contributed by atoms with Gasteiger partial charge in [-0.05, 0) is 108 Å². The zero-order valence-corrected chi connectivity index (χ0v) is 22.7. The Morgan fingerprint density at radius 1 is 0.806 bits per heavy atom. The first-order chi connectivity index (χ1) is 17.6. The average molecular weight is 511 g/mol. The summed E-state index contributed by atoms with van der Waals surface area (Å²) in [6, 6.07) is 21.1. The van der Waals surface area contributed by atoms with Crippen LogP contribution in [0, 0.1) is 23.7 Å². The van der Waals surface area contributed by atoms with Crippen LogP contribution in [0.1, 0.15) is 40.5 Å². The van der Waals surface area contributed by atoms with Crippen molar-refractivity contribution in [1.29, 1.82) is 0 Å². The standard InChI is InChI=1S/C32H34N2S2/c1-33-16-25-9-23(10-26(25)17-33)32-14-22-8-20(6-7-30(22)36-32)15-34-18-27-11-24(12-28(27)19-34)31-13-21-4-2-3-5-29(21)35-31/h2-8,11,13-14,23,25-28H,9-10,12,15-19H2,1H3. The Bertz CT molecular complexity index is 1430. The van der Waals surface area contributed by atoms with Gasteiger partial charge in [0.25, 0.3) is 0 Å². The van der Waals surface area contributed by atoms with Crippen LogP contribution in [0.3, 0.4) is 0 Å². The summed E-state index contributed by atoms with van der Waals surface area (Å²) in [5, 5.41) is 2.88. The first-order valence-corrected chi connectivity index (χ1v) is 15.4. The zero-order valence-electron chi connectivity index (χ0n) is 21.0. The largest absolute Gasteiger partial charge is 0.306 e. The molecule has 3 fully saturated rings. The van der Waals surface area contributed by atoms with Crippen molar-refractivity contribution in [2.24, 2.45) is 23.7 Å². The van der Waals surface area contributed by atoms with E-state index in [1.807, 2.05) is 11.3 Å². The molecule has 0 radical (unpaired) electrons. The van der Waals surface area contributed by atoms with Crippen LogP contribution < -0.4 is 0 Å². The number of nitrogens with zero attached hydrogens (tertiary/aromatic N) is 2. The summed E-state index contributed by atoms with van der Waals surface area (Å²) in [5.74, 6) is 4.19. The molecule has 0 bridgehead atoms. The molecule has 2 aliphatic heterocycles. The number of hydrogen-bond donors (Lipinski definition) is 0. The Morgan fingerprint density at radius 2 is 1.64 bits per heavy atom. The molecule has 2 aliphatic carbocycles. The van der Waals surface area contributed by atoms with Crippen molar-refractivity contribution in [2.75, 3.05) is 33.2 Å². The van der Waals surface area contributed by atoms with E-state index in [0.717, 1.165) is 36.1 Å². The first kappa shape index (κ1) is 22.0. The van der Waals surface area contributed by atoms with Crippen LogP contribution in [-0.4, -0.2) is 43.0 Å². The van der Waals surface area contributed by atoms with Crippen LogP contribution in [0.5, 0.6) is 0 Å². The van der Waals surface area contributed by atoms with Gasteiger partial charge in [0.1, 0.15) is 0 Å². The fourth-order valence-corrected chi connectivity index (χ4v) is 10.2. The Kier molecular flexibility index (Phi) is 5.22. The summed E-state index contributed by atoms with van der Waals surface area (Å²) in [6.45, 7) is 6.18. The lowest BCUT2D eigenvalue weighted by atomic mass is 10.00. The molecule has 4 heterocycles. The summed E-state index contributed by atoms with van der Waals surface area (Å²) in [4.78, 5) is 8.38. The molecule has 2 saturated heterocycles. The molecule has 4 aromatic rings. The van der Waals surface area contributed by atoms with E-state index in [1.54, 1.807) is 10.5 Å². The van der Waals surface area contributed by atoms with Gasteiger partial charge in [-0.25, -0.2) is 0 Å². The minimum Gasteiger partial charge on any atom is -0.306 e. The van der Waals surface area contributed by atoms with Gasteiger partial charge >= 0.3 is 0 Å². The van der Waals surface area contributed by atoms with Gasteiger partial charge in [0.2, 0.25) is 0 Å². The zero-order chi connectivity index (χ0) is 23.8. The molecule has 0 spiro atoms. The molecule has 2 aromatic carbocycles. The van der Waals surface area contributed by atoms with E-state index in [9.17, 15) is 0 Å². The van der Waals surface area contributed by atoms with Gasteiger partial charge in [0, 0.05) is 51.9 Å². The smallest absolute Gasteiger partial charge is 0.0349 e. The summed E-state index contributed by atoms with van der Waals surface area (Å²) < 4.78 is 2.90. The second-order valence-electron chi connectivity index (χ2n) is 12.1. The molecule has 0 amide bonds. The fraction of sp³-hybridized carbons (Fsp3) is 0.438. The SMILES string of the molecule is CN1CC2CC(c3cc4cc(CN5CC6C=C(c7cc8ccccc8s7)CC6C5)ccc4s3)CC2C1. The van der Waals surface area contributed by atoms with Crippen LogP contribution in [0.4, 0.5) is 0 Å². The van der Waals surface area contributed by atoms with E-state index >= 15 is 0 Å². The van der Waals surface area contributed by atoms with E-state index in [-0.39, 0.29) is 0 Å². The second kappa shape index (κ2) is 8.52. The predicted octanol–water partition coefficient (Wildman–Crippen LogP) is 7.71. The molecule has 4 heteroatoms. The maximum Gasteiger partial charge on any atom is 0.0349 e. The summed E-state index contributed by atoms with van der Waals surface area (Å²) in [7, 11) is 2.29. The summed E-state index contributed by atoms with van der Waals surface area (Å²) in [6.07, 6.45) is 6.67. The van der Waals surface area contributed by atoms with Crippen LogP contribution >= 0.6 is 22.7 Å². The van der Waals surface area contributed by atoms with Gasteiger partial charge in [-0.2, -0.15) is 0 Å². The Morgan fingerprint density at radius 3 is 2.47 bits per heavy atom. The Balaban J connectivity index is 0.945. The number of allylic oxidation sites excluding steroid dienone is 1. The van der Waals surface area contributed by atoms with Crippen molar-refractivity contribution in [3.05, 3.63) is 76.0 Å². The third-order valence-electron chi connectivity index (χ3n) is 9.55. The molecule has 4 aliphatic rings. The lowest BCUT2D eigenvalue weighted by Gasteiger charge is -2.17. The predicted molar refractivity (Wildman–Crippen MR) is 155 cm³/mol. The van der Waals surface area contributed by atoms with Crippen molar-refractivity contribution in [3.8, 4) is 0 Å². The number of fused-ring (bicyclic) bond motifs is 4. The molecule has 0 N–H and O–H groups in total. The third kappa shape index (κ3) is 3.80. The lowest BCUT2D eigenvalue weighted by molar-refractivity contribution is 0.315. The number of likely N-dealkylation sites (tertiary alicyclic amines) is 2. The molecule has 184 valence electrons. The molecule has 8 rings (SSSR count). The highest BCUT2D eigenvalue weighted by Gasteiger charge is 2.40. The first-order valence-electron chi connectivity index (χ1n) is 13.8. The quantitative estimate of drug-likeness (QED) is 0.277. The molecule has 2 nitrogen and oxygen atoms in total. The van der Waals surface area contributed by atoms with Gasteiger partial charge in [-0.15, -0.1) is 22.7 Å². The minimum absolute atomic E-state index is 0.725. The Labute approximate surface area is 222 Å². The fourth-order valence-electron chi connectivity index (χ4n) is 7.89. The van der Waals surface area contributed by atoms with E-state index in [1.165, 1.54) is 76.1 Å². The van der Waals surface area contributed by atoms with Crippen LogP contribution in [-0.2, 0) is 6.54 Å². The van der Waals surface area contributed by atoms with E-state index in [2.05, 4.69) is 88.9 Å². The molecular weight excluding hydrogens is 477 g/mol. The second-order valence-corrected chi connectivity index (χ2v) is 14.3.